The first-order valence-electron chi connectivity index (χ1n) is 28.0. The van der Waals surface area contributed by atoms with E-state index in [4.69, 9.17) is 4.74 Å². The van der Waals surface area contributed by atoms with Gasteiger partial charge in [-0.15, -0.1) is 0 Å². The number of hydrogen-bond donors (Lipinski definition) is 3. The van der Waals surface area contributed by atoms with Crippen LogP contribution in [0.1, 0.15) is 278 Å². The molecule has 65 heavy (non-hydrogen) atoms. The zero-order chi connectivity index (χ0) is 47.4. The summed E-state index contributed by atoms with van der Waals surface area (Å²) < 4.78 is 5.94. The third-order valence-corrected chi connectivity index (χ3v) is 12.6. The number of ether oxygens (including phenoxy) is 1. The van der Waals surface area contributed by atoms with Gasteiger partial charge in [0.2, 0.25) is 5.91 Å². The Balaban J connectivity index is 4.63. The minimum absolute atomic E-state index is 0.0585. The van der Waals surface area contributed by atoms with Crippen LogP contribution in [0.3, 0.4) is 0 Å². The van der Waals surface area contributed by atoms with Crippen LogP contribution in [0.5, 0.6) is 0 Å². The number of rotatable bonds is 50. The third kappa shape index (κ3) is 47.8. The molecular formula is C59H107NO5. The van der Waals surface area contributed by atoms with Crippen molar-refractivity contribution >= 4 is 11.9 Å². The normalized spacial score (nSPS) is 13.6. The van der Waals surface area contributed by atoms with Crippen LogP contribution in [0, 0.1) is 0 Å². The number of aliphatic hydroxyl groups is 2. The Morgan fingerprint density at radius 3 is 1.22 bits per heavy atom. The summed E-state index contributed by atoms with van der Waals surface area (Å²) in [6.45, 7) is 6.44. The quantitative estimate of drug-likeness (QED) is 0.0321. The number of carbonyl (C=O) groups is 2. The van der Waals surface area contributed by atoms with Crippen molar-refractivity contribution in [1.29, 1.82) is 0 Å². The summed E-state index contributed by atoms with van der Waals surface area (Å²) in [4.78, 5) is 26.2. The largest absolute Gasteiger partial charge is 0.462 e. The summed E-state index contributed by atoms with van der Waals surface area (Å²) in [5.74, 6) is -0.507. The molecule has 0 aromatic heterocycles. The molecule has 0 aliphatic rings. The number of unbranched alkanes of at least 4 members (excludes halogenated alkanes) is 28. The Kier molecular flexibility index (Phi) is 50.6. The zero-order valence-electron chi connectivity index (χ0n) is 43.1. The number of carbonyl (C=O) groups excluding carboxylic acids is 2. The molecule has 0 aromatic rings. The number of hydrogen-bond acceptors (Lipinski definition) is 5. The number of amides is 1. The lowest BCUT2D eigenvalue weighted by Gasteiger charge is -2.24. The van der Waals surface area contributed by atoms with Gasteiger partial charge in [-0.05, 0) is 96.3 Å². The molecule has 378 valence electrons. The van der Waals surface area contributed by atoms with E-state index in [0.29, 0.717) is 19.3 Å². The van der Waals surface area contributed by atoms with Gasteiger partial charge in [0.05, 0.1) is 25.2 Å². The van der Waals surface area contributed by atoms with E-state index in [-0.39, 0.29) is 24.9 Å². The van der Waals surface area contributed by atoms with Gasteiger partial charge in [0.15, 0.2) is 0 Å². The van der Waals surface area contributed by atoms with Crippen molar-refractivity contribution in [2.75, 3.05) is 6.61 Å². The molecule has 6 nitrogen and oxygen atoms in total. The van der Waals surface area contributed by atoms with E-state index in [9.17, 15) is 19.8 Å². The Labute approximate surface area is 403 Å². The summed E-state index contributed by atoms with van der Waals surface area (Å²) >= 11 is 0. The van der Waals surface area contributed by atoms with Crippen molar-refractivity contribution in [2.45, 2.75) is 296 Å². The highest BCUT2D eigenvalue weighted by Crippen LogP contribution is 2.18. The van der Waals surface area contributed by atoms with Crippen molar-refractivity contribution in [3.63, 3.8) is 0 Å². The molecule has 0 aromatic carbocycles. The average Bonchev–Trinajstić information content (AvgIpc) is 3.30. The van der Waals surface area contributed by atoms with E-state index in [0.717, 1.165) is 96.3 Å². The zero-order valence-corrected chi connectivity index (χ0v) is 43.1. The number of aliphatic hydroxyl groups excluding tert-OH is 2. The van der Waals surface area contributed by atoms with Gasteiger partial charge in [0.25, 0.3) is 0 Å². The van der Waals surface area contributed by atoms with E-state index in [2.05, 4.69) is 86.8 Å². The number of esters is 1. The first kappa shape index (κ1) is 62.6. The predicted molar refractivity (Wildman–Crippen MR) is 282 cm³/mol. The molecule has 0 saturated carbocycles. The monoisotopic (exact) mass is 910 g/mol. The van der Waals surface area contributed by atoms with Gasteiger partial charge in [-0.25, -0.2) is 0 Å². The molecule has 3 unspecified atom stereocenters. The van der Waals surface area contributed by atoms with Crippen molar-refractivity contribution < 1.29 is 24.5 Å². The lowest BCUT2D eigenvalue weighted by molar-refractivity contribution is -0.151. The maximum absolute atomic E-state index is 13.2. The van der Waals surface area contributed by atoms with E-state index < -0.39 is 18.2 Å². The van der Waals surface area contributed by atoms with Gasteiger partial charge in [-0.2, -0.15) is 0 Å². The van der Waals surface area contributed by atoms with Crippen LogP contribution in [-0.2, 0) is 14.3 Å². The highest BCUT2D eigenvalue weighted by molar-refractivity contribution is 5.77. The smallest absolute Gasteiger partial charge is 0.306 e. The molecule has 0 heterocycles. The van der Waals surface area contributed by atoms with Crippen LogP contribution in [0.15, 0.2) is 60.8 Å². The minimum atomic E-state index is -0.797. The molecule has 0 radical (unpaired) electrons. The Bertz CT molecular complexity index is 1160. The van der Waals surface area contributed by atoms with Crippen LogP contribution >= 0.6 is 0 Å². The van der Waals surface area contributed by atoms with Crippen LogP contribution < -0.4 is 5.32 Å². The molecule has 3 atom stereocenters. The molecule has 0 aliphatic carbocycles. The van der Waals surface area contributed by atoms with E-state index >= 15 is 0 Å². The summed E-state index contributed by atoms with van der Waals surface area (Å²) in [6, 6.07) is -0.713. The second kappa shape index (κ2) is 52.5. The summed E-state index contributed by atoms with van der Waals surface area (Å²) in [7, 11) is 0. The molecule has 0 spiro atoms. The standard InChI is InChI=1S/C59H107NO5/c1-4-7-10-13-16-19-22-25-28-29-31-34-37-40-43-46-49-52-59(64)65-55(50-47-44-41-38-35-32-30-26-23-20-17-14-11-8-5-2)53-58(63)60-56(54-61)57(62)51-48-45-42-39-36-33-27-24-21-18-15-12-9-6-3/h16-17,19-20,25-26,28,30-31,34,55-57,61-62H,4-15,18,21-24,27,29,32-33,35-54H2,1-3H3,(H,60,63)/b19-16-,20-17-,28-25-,30-26-,34-31-. The van der Waals surface area contributed by atoms with Crippen LogP contribution in [0.25, 0.3) is 0 Å². The predicted octanol–water partition coefficient (Wildman–Crippen LogP) is 17.2. The highest BCUT2D eigenvalue weighted by Gasteiger charge is 2.24. The van der Waals surface area contributed by atoms with Gasteiger partial charge >= 0.3 is 5.97 Å². The molecule has 0 bridgehead atoms. The fourth-order valence-corrected chi connectivity index (χ4v) is 8.29. The second-order valence-corrected chi connectivity index (χ2v) is 19.0. The fourth-order valence-electron chi connectivity index (χ4n) is 8.29. The Morgan fingerprint density at radius 1 is 0.446 bits per heavy atom. The van der Waals surface area contributed by atoms with Gasteiger partial charge in [-0.3, -0.25) is 9.59 Å². The first-order valence-corrected chi connectivity index (χ1v) is 28.0. The minimum Gasteiger partial charge on any atom is -0.462 e. The molecule has 3 N–H and O–H groups in total. The maximum Gasteiger partial charge on any atom is 0.306 e. The van der Waals surface area contributed by atoms with Crippen molar-refractivity contribution in [3.05, 3.63) is 60.8 Å². The van der Waals surface area contributed by atoms with Crippen molar-refractivity contribution in [1.82, 2.24) is 5.32 Å². The highest BCUT2D eigenvalue weighted by atomic mass is 16.5. The molecule has 6 heteroatoms. The van der Waals surface area contributed by atoms with Crippen LogP contribution in [0.2, 0.25) is 0 Å². The Morgan fingerprint density at radius 2 is 0.785 bits per heavy atom. The first-order chi connectivity index (χ1) is 32.0. The summed E-state index contributed by atoms with van der Waals surface area (Å²) in [5.41, 5.74) is 0. The van der Waals surface area contributed by atoms with Crippen LogP contribution in [-0.4, -0.2) is 46.9 Å². The maximum atomic E-state index is 13.2. The van der Waals surface area contributed by atoms with E-state index in [1.54, 1.807) is 0 Å². The van der Waals surface area contributed by atoms with Crippen molar-refractivity contribution in [3.8, 4) is 0 Å². The molecule has 0 rings (SSSR count). The molecule has 0 fully saturated rings. The number of allylic oxidation sites excluding steroid dienone is 10. The summed E-state index contributed by atoms with van der Waals surface area (Å²) in [6.07, 6.45) is 65.6. The fraction of sp³-hybridized carbons (Fsp3) is 0.797. The van der Waals surface area contributed by atoms with Gasteiger partial charge in [-0.1, -0.05) is 229 Å². The SMILES string of the molecule is CCCCC/C=C\C/C=C\C/C=C\CCCCCCC(=O)OC(CCCCCCC/C=C\C/C=C\CCCCC)CC(=O)NC(CO)C(O)CCCCCCCCCCCCCCCC. The third-order valence-electron chi connectivity index (χ3n) is 12.6. The molecule has 0 saturated heterocycles. The van der Waals surface area contributed by atoms with Gasteiger partial charge in [0, 0.05) is 6.42 Å². The second-order valence-electron chi connectivity index (χ2n) is 19.0. The lowest BCUT2D eigenvalue weighted by atomic mass is 10.0. The Hall–Kier alpha value is -2.44. The van der Waals surface area contributed by atoms with E-state index in [1.165, 1.54) is 135 Å². The van der Waals surface area contributed by atoms with Gasteiger partial charge < -0.3 is 20.3 Å². The number of nitrogens with one attached hydrogen (secondary N) is 1. The average molecular weight is 911 g/mol. The molecular weight excluding hydrogens is 803 g/mol. The lowest BCUT2D eigenvalue weighted by Crippen LogP contribution is -2.46. The summed E-state index contributed by atoms with van der Waals surface area (Å²) in [5, 5.41) is 23.8. The molecule has 0 aliphatic heterocycles. The van der Waals surface area contributed by atoms with E-state index in [1.807, 2.05) is 0 Å². The van der Waals surface area contributed by atoms with Crippen molar-refractivity contribution in [2.24, 2.45) is 0 Å². The van der Waals surface area contributed by atoms with Crippen LogP contribution in [0.4, 0.5) is 0 Å². The van der Waals surface area contributed by atoms with Gasteiger partial charge in [0.1, 0.15) is 6.10 Å². The molecule has 1 amide bonds. The topological polar surface area (TPSA) is 95.9 Å².